The van der Waals surface area contributed by atoms with Gasteiger partial charge in [0.15, 0.2) is 0 Å². The van der Waals surface area contributed by atoms with Crippen molar-refractivity contribution in [1.29, 1.82) is 0 Å². The Kier molecular flexibility index (Phi) is 8.54. The van der Waals surface area contributed by atoms with E-state index >= 15 is 0 Å². The van der Waals surface area contributed by atoms with Gasteiger partial charge in [0, 0.05) is 51.1 Å². The largest absolute Gasteiger partial charge is 0.383 e. The molecule has 1 aliphatic heterocycles. The molecule has 7 heteroatoms. The highest BCUT2D eigenvalue weighted by Gasteiger charge is 2.21. The van der Waals surface area contributed by atoms with E-state index in [9.17, 15) is 9.59 Å². The first-order valence-electron chi connectivity index (χ1n) is 9.71. The quantitative estimate of drug-likeness (QED) is 0.683. The summed E-state index contributed by atoms with van der Waals surface area (Å²) in [5.74, 6) is -0.142. The van der Waals surface area contributed by atoms with Gasteiger partial charge in [-0.2, -0.15) is 0 Å². The van der Waals surface area contributed by atoms with Crippen LogP contribution in [0.5, 0.6) is 0 Å². The number of ether oxygens (including phenoxy) is 1. The van der Waals surface area contributed by atoms with Gasteiger partial charge in [-0.1, -0.05) is 13.3 Å². The van der Waals surface area contributed by atoms with Crippen LogP contribution in [0.4, 0.5) is 10.5 Å². The topological polar surface area (TPSA) is 73.9 Å². The van der Waals surface area contributed by atoms with Crippen LogP contribution >= 0.6 is 0 Å². The zero-order valence-corrected chi connectivity index (χ0v) is 16.7. The number of rotatable bonds is 8. The number of unbranched alkanes of at least 4 members (excludes halogenated alkanes) is 1. The normalized spacial score (nSPS) is 14.9. The van der Waals surface area contributed by atoms with Crippen LogP contribution in [-0.4, -0.2) is 74.7 Å². The summed E-state index contributed by atoms with van der Waals surface area (Å²) in [5.41, 5.74) is 2.18. The Morgan fingerprint density at radius 3 is 2.56 bits per heavy atom. The Morgan fingerprint density at radius 2 is 1.93 bits per heavy atom. The average molecular weight is 377 g/mol. The van der Waals surface area contributed by atoms with E-state index in [1.54, 1.807) is 25.3 Å². The molecule has 0 spiro atoms. The molecule has 27 heavy (non-hydrogen) atoms. The van der Waals surface area contributed by atoms with E-state index in [0.717, 1.165) is 44.0 Å². The summed E-state index contributed by atoms with van der Waals surface area (Å²) in [6.07, 6.45) is 2.40. The lowest BCUT2D eigenvalue weighted by molar-refractivity contribution is 0.0937. The number of anilines is 1. The summed E-state index contributed by atoms with van der Waals surface area (Å²) >= 11 is 0. The van der Waals surface area contributed by atoms with Crippen molar-refractivity contribution in [2.75, 3.05) is 58.3 Å². The first kappa shape index (κ1) is 21.2. The summed E-state index contributed by atoms with van der Waals surface area (Å²) < 4.78 is 4.93. The molecule has 0 atom stereocenters. The lowest BCUT2D eigenvalue weighted by Gasteiger charge is -2.34. The number of amides is 3. The van der Waals surface area contributed by atoms with E-state index in [-0.39, 0.29) is 11.9 Å². The fourth-order valence-corrected chi connectivity index (χ4v) is 3.06. The number of urea groups is 1. The summed E-state index contributed by atoms with van der Waals surface area (Å²) in [6.45, 7) is 9.48. The number of hydrogen-bond donors (Lipinski definition) is 2. The predicted octanol–water partition coefficient (Wildman–Crippen LogP) is 2.32. The minimum atomic E-state index is -0.142. The van der Waals surface area contributed by atoms with Crippen LogP contribution < -0.4 is 10.6 Å². The second kappa shape index (κ2) is 10.9. The van der Waals surface area contributed by atoms with Crippen LogP contribution in [0.3, 0.4) is 0 Å². The molecule has 7 nitrogen and oxygen atoms in total. The maximum absolute atomic E-state index is 12.5. The van der Waals surface area contributed by atoms with Gasteiger partial charge in [-0.15, -0.1) is 0 Å². The Hall–Kier alpha value is -2.12. The Bertz CT molecular complexity index is 628. The first-order valence-corrected chi connectivity index (χ1v) is 9.71. The second-order valence-electron chi connectivity index (χ2n) is 6.89. The number of methoxy groups -OCH3 is 1. The van der Waals surface area contributed by atoms with Crippen molar-refractivity contribution in [1.82, 2.24) is 15.1 Å². The van der Waals surface area contributed by atoms with Crippen molar-refractivity contribution in [3.8, 4) is 0 Å². The smallest absolute Gasteiger partial charge is 0.321 e. The third kappa shape index (κ3) is 6.52. The van der Waals surface area contributed by atoms with Gasteiger partial charge in [-0.3, -0.25) is 9.69 Å². The van der Waals surface area contributed by atoms with E-state index in [4.69, 9.17) is 4.74 Å². The van der Waals surface area contributed by atoms with E-state index < -0.39 is 0 Å². The van der Waals surface area contributed by atoms with Gasteiger partial charge in [0.05, 0.1) is 6.61 Å². The molecule has 1 aliphatic rings. The molecule has 1 fully saturated rings. The van der Waals surface area contributed by atoms with Gasteiger partial charge in [0.2, 0.25) is 0 Å². The maximum atomic E-state index is 12.5. The minimum absolute atomic E-state index is 0.0782. The number of aryl methyl sites for hydroxylation is 1. The van der Waals surface area contributed by atoms with Crippen molar-refractivity contribution in [2.24, 2.45) is 0 Å². The molecule has 0 unspecified atom stereocenters. The molecule has 0 aromatic heterocycles. The molecule has 2 rings (SSSR count). The zero-order valence-electron chi connectivity index (χ0n) is 16.7. The summed E-state index contributed by atoms with van der Waals surface area (Å²) in [7, 11) is 1.60. The molecular formula is C20H32N4O3. The molecule has 1 saturated heterocycles. The van der Waals surface area contributed by atoms with E-state index in [1.807, 2.05) is 11.8 Å². The Labute approximate surface area is 162 Å². The standard InChI is InChI=1S/C20H32N4O3/c1-4-5-9-23-10-12-24(13-11-23)20(26)22-18-7-6-17(15-16(18)2)19(25)21-8-14-27-3/h6-7,15H,4-5,8-14H2,1-3H3,(H,21,25)(H,22,26). The number of nitrogens with one attached hydrogen (secondary N) is 2. The van der Waals surface area contributed by atoms with Crippen molar-refractivity contribution in [2.45, 2.75) is 26.7 Å². The maximum Gasteiger partial charge on any atom is 0.321 e. The highest BCUT2D eigenvalue weighted by molar-refractivity contribution is 5.96. The molecule has 0 aliphatic carbocycles. The molecule has 0 bridgehead atoms. The van der Waals surface area contributed by atoms with Crippen LogP contribution in [0.2, 0.25) is 0 Å². The summed E-state index contributed by atoms with van der Waals surface area (Å²) in [6, 6.07) is 5.23. The molecule has 2 N–H and O–H groups in total. The van der Waals surface area contributed by atoms with Crippen LogP contribution in [0, 0.1) is 6.92 Å². The number of benzene rings is 1. The highest BCUT2D eigenvalue weighted by Crippen LogP contribution is 2.17. The monoisotopic (exact) mass is 376 g/mol. The fraction of sp³-hybridized carbons (Fsp3) is 0.600. The second-order valence-corrected chi connectivity index (χ2v) is 6.89. The van der Waals surface area contributed by atoms with Gasteiger partial charge < -0.3 is 20.3 Å². The highest BCUT2D eigenvalue weighted by atomic mass is 16.5. The van der Waals surface area contributed by atoms with E-state index in [1.165, 1.54) is 12.8 Å². The lowest BCUT2D eigenvalue weighted by atomic mass is 10.1. The van der Waals surface area contributed by atoms with Gasteiger partial charge in [-0.05, 0) is 43.7 Å². The van der Waals surface area contributed by atoms with Gasteiger partial charge >= 0.3 is 6.03 Å². The third-order valence-corrected chi connectivity index (χ3v) is 4.81. The molecule has 3 amide bonds. The van der Waals surface area contributed by atoms with Crippen molar-refractivity contribution in [3.05, 3.63) is 29.3 Å². The number of carbonyl (C=O) groups excluding carboxylic acids is 2. The first-order chi connectivity index (χ1) is 13.0. The average Bonchev–Trinajstić information content (AvgIpc) is 2.68. The summed E-state index contributed by atoms with van der Waals surface area (Å²) in [4.78, 5) is 28.9. The van der Waals surface area contributed by atoms with Crippen molar-refractivity contribution < 1.29 is 14.3 Å². The molecule has 1 aromatic carbocycles. The number of hydrogen-bond acceptors (Lipinski definition) is 4. The SMILES string of the molecule is CCCCN1CCN(C(=O)Nc2ccc(C(=O)NCCOC)cc2C)CC1. The molecule has 0 saturated carbocycles. The third-order valence-electron chi connectivity index (χ3n) is 4.81. The van der Waals surface area contributed by atoms with E-state index in [0.29, 0.717) is 18.7 Å². The number of piperazine rings is 1. The molecule has 1 aromatic rings. The number of nitrogens with zero attached hydrogens (tertiary/aromatic N) is 2. The molecule has 0 radical (unpaired) electrons. The van der Waals surface area contributed by atoms with Gasteiger partial charge in [0.1, 0.15) is 0 Å². The lowest BCUT2D eigenvalue weighted by Crippen LogP contribution is -2.50. The fourth-order valence-electron chi connectivity index (χ4n) is 3.06. The minimum Gasteiger partial charge on any atom is -0.383 e. The van der Waals surface area contributed by atoms with Gasteiger partial charge in [0.25, 0.3) is 5.91 Å². The van der Waals surface area contributed by atoms with Crippen LogP contribution in [0.15, 0.2) is 18.2 Å². The molecule has 150 valence electrons. The molecule has 1 heterocycles. The van der Waals surface area contributed by atoms with Crippen molar-refractivity contribution in [3.63, 3.8) is 0 Å². The van der Waals surface area contributed by atoms with Crippen molar-refractivity contribution >= 4 is 17.6 Å². The van der Waals surface area contributed by atoms with Gasteiger partial charge in [-0.25, -0.2) is 4.79 Å². The van der Waals surface area contributed by atoms with Crippen LogP contribution in [0.1, 0.15) is 35.7 Å². The Balaban J connectivity index is 1.86. The zero-order chi connectivity index (χ0) is 19.6. The van der Waals surface area contributed by atoms with E-state index in [2.05, 4.69) is 22.5 Å². The van der Waals surface area contributed by atoms with Crippen LogP contribution in [0.25, 0.3) is 0 Å². The number of carbonyl (C=O) groups is 2. The molecular weight excluding hydrogens is 344 g/mol. The Morgan fingerprint density at radius 1 is 1.19 bits per heavy atom. The van der Waals surface area contributed by atoms with Crippen LogP contribution in [-0.2, 0) is 4.74 Å². The predicted molar refractivity (Wildman–Crippen MR) is 107 cm³/mol. The summed E-state index contributed by atoms with van der Waals surface area (Å²) in [5, 5.41) is 5.77.